The maximum Gasteiger partial charge on any atom is 0.313 e. The number of rotatable bonds is 4. The van der Waals surface area contributed by atoms with Crippen molar-refractivity contribution in [3.8, 4) is 28.3 Å². The topological polar surface area (TPSA) is 106 Å². The van der Waals surface area contributed by atoms with Crippen molar-refractivity contribution < 1.29 is 9.90 Å². The Labute approximate surface area is 177 Å². The van der Waals surface area contributed by atoms with Crippen molar-refractivity contribution in [3.05, 3.63) is 90.6 Å². The van der Waals surface area contributed by atoms with E-state index in [0.29, 0.717) is 16.6 Å². The standard InChI is InChI=1S/C24H17N5O2/c30-23(29-28-22-18-8-4-5-9-19(18)25-24(22)31)21-14-20(26-27-21)17-12-10-16(11-13-17)15-6-2-1-3-7-15/h1-14,25,31H,(H,26,27). The molecule has 0 unspecified atom stereocenters. The molecule has 31 heavy (non-hydrogen) atoms. The lowest BCUT2D eigenvalue weighted by atomic mass is 10.0. The molecule has 2 aromatic heterocycles. The Hall–Kier alpha value is -4.52. The summed E-state index contributed by atoms with van der Waals surface area (Å²) in [5, 5.41) is 25.3. The second kappa shape index (κ2) is 7.72. The number of aromatic nitrogens is 3. The Balaban J connectivity index is 1.36. The van der Waals surface area contributed by atoms with Gasteiger partial charge in [0.1, 0.15) is 5.69 Å². The molecule has 0 saturated carbocycles. The van der Waals surface area contributed by atoms with E-state index in [-0.39, 0.29) is 17.3 Å². The minimum Gasteiger partial charge on any atom is -0.493 e. The smallest absolute Gasteiger partial charge is 0.313 e. The molecule has 0 aliphatic heterocycles. The van der Waals surface area contributed by atoms with Crippen LogP contribution in [0.25, 0.3) is 33.3 Å². The van der Waals surface area contributed by atoms with E-state index in [0.717, 1.165) is 16.7 Å². The molecule has 1 amide bonds. The molecular formula is C24H17N5O2. The summed E-state index contributed by atoms with van der Waals surface area (Å²) in [6.45, 7) is 0. The van der Waals surface area contributed by atoms with Crippen LogP contribution in [0.2, 0.25) is 0 Å². The third-order valence-electron chi connectivity index (χ3n) is 5.00. The lowest BCUT2D eigenvalue weighted by Gasteiger charge is -2.02. The molecule has 0 atom stereocenters. The van der Waals surface area contributed by atoms with Gasteiger partial charge in [0, 0.05) is 10.9 Å². The zero-order chi connectivity index (χ0) is 21.2. The van der Waals surface area contributed by atoms with E-state index in [1.165, 1.54) is 0 Å². The summed E-state index contributed by atoms with van der Waals surface area (Å²) in [7, 11) is 0. The molecule has 5 aromatic rings. The molecule has 3 N–H and O–H groups in total. The van der Waals surface area contributed by atoms with Crippen molar-refractivity contribution in [3.63, 3.8) is 0 Å². The Morgan fingerprint density at radius 2 is 1.52 bits per heavy atom. The van der Waals surface area contributed by atoms with Crippen molar-refractivity contribution in [1.29, 1.82) is 0 Å². The van der Waals surface area contributed by atoms with Gasteiger partial charge in [0.2, 0.25) is 5.88 Å². The first-order chi connectivity index (χ1) is 15.2. The van der Waals surface area contributed by atoms with Gasteiger partial charge in [-0.05, 0) is 23.3 Å². The predicted octanol–water partition coefficient (Wildman–Crippen LogP) is 5.85. The first-order valence-electron chi connectivity index (χ1n) is 9.66. The number of H-pyrrole nitrogens is 2. The number of carbonyl (C=O) groups excluding carboxylic acids is 1. The zero-order valence-corrected chi connectivity index (χ0v) is 16.3. The van der Waals surface area contributed by atoms with Crippen molar-refractivity contribution in [1.82, 2.24) is 15.2 Å². The normalized spacial score (nSPS) is 11.4. The summed E-state index contributed by atoms with van der Waals surface area (Å²) >= 11 is 0. The van der Waals surface area contributed by atoms with Gasteiger partial charge < -0.3 is 10.1 Å². The summed E-state index contributed by atoms with van der Waals surface area (Å²) < 4.78 is 0. The Kier molecular flexibility index (Phi) is 4.61. The van der Waals surface area contributed by atoms with Crippen LogP contribution in [0.15, 0.2) is 95.2 Å². The monoisotopic (exact) mass is 407 g/mol. The van der Waals surface area contributed by atoms with E-state index in [4.69, 9.17) is 0 Å². The van der Waals surface area contributed by atoms with Crippen LogP contribution in [0, 0.1) is 0 Å². The molecule has 7 heteroatoms. The SMILES string of the molecule is O=C(N=Nc1c(O)[nH]c2ccccc12)c1cc(-c2ccc(-c3ccccc3)cc2)n[nH]1. The fourth-order valence-corrected chi connectivity index (χ4v) is 3.41. The number of nitrogens with zero attached hydrogens (tertiary/aromatic N) is 3. The van der Waals surface area contributed by atoms with Crippen LogP contribution in [-0.4, -0.2) is 26.2 Å². The largest absolute Gasteiger partial charge is 0.493 e. The summed E-state index contributed by atoms with van der Waals surface area (Å²) in [5.74, 6) is -0.717. The molecular weight excluding hydrogens is 390 g/mol. The van der Waals surface area contributed by atoms with Crippen molar-refractivity contribution in [2.24, 2.45) is 10.2 Å². The minimum absolute atomic E-state index is 0.137. The number of amides is 1. The zero-order valence-electron chi connectivity index (χ0n) is 16.3. The van der Waals surface area contributed by atoms with Gasteiger partial charge >= 0.3 is 5.91 Å². The lowest BCUT2D eigenvalue weighted by molar-refractivity contribution is 0.0990. The van der Waals surface area contributed by atoms with Gasteiger partial charge in [-0.15, -0.1) is 10.2 Å². The summed E-state index contributed by atoms with van der Waals surface area (Å²) in [6, 6.07) is 26.9. The fraction of sp³-hybridized carbons (Fsp3) is 0. The van der Waals surface area contributed by atoms with E-state index in [9.17, 15) is 9.90 Å². The lowest BCUT2D eigenvalue weighted by Crippen LogP contribution is -1.93. The highest BCUT2D eigenvalue weighted by molar-refractivity contribution is 5.96. The molecule has 3 aromatic carbocycles. The van der Waals surface area contributed by atoms with Crippen molar-refractivity contribution >= 4 is 22.5 Å². The van der Waals surface area contributed by atoms with Gasteiger partial charge in [0.15, 0.2) is 5.69 Å². The molecule has 5 rings (SSSR count). The van der Waals surface area contributed by atoms with E-state index >= 15 is 0 Å². The number of carbonyl (C=O) groups is 1. The maximum atomic E-state index is 12.4. The Morgan fingerprint density at radius 1 is 0.839 bits per heavy atom. The van der Waals surface area contributed by atoms with Crippen LogP contribution in [-0.2, 0) is 0 Å². The van der Waals surface area contributed by atoms with Gasteiger partial charge in [0.25, 0.3) is 0 Å². The van der Waals surface area contributed by atoms with Crippen LogP contribution in [0.3, 0.4) is 0 Å². The summed E-state index contributed by atoms with van der Waals surface area (Å²) in [4.78, 5) is 15.3. The van der Waals surface area contributed by atoms with Crippen molar-refractivity contribution in [2.75, 3.05) is 0 Å². The Bertz CT molecular complexity index is 1400. The minimum atomic E-state index is -0.579. The molecule has 7 nitrogen and oxygen atoms in total. The van der Waals surface area contributed by atoms with Gasteiger partial charge in [-0.1, -0.05) is 72.8 Å². The molecule has 0 fully saturated rings. The number of azo groups is 1. The summed E-state index contributed by atoms with van der Waals surface area (Å²) in [5.41, 5.74) is 4.89. The molecule has 0 aliphatic rings. The number of aromatic amines is 2. The maximum absolute atomic E-state index is 12.4. The molecule has 150 valence electrons. The van der Waals surface area contributed by atoms with E-state index in [2.05, 4.69) is 37.5 Å². The van der Waals surface area contributed by atoms with Crippen LogP contribution in [0.5, 0.6) is 5.88 Å². The van der Waals surface area contributed by atoms with Crippen LogP contribution in [0.1, 0.15) is 10.5 Å². The van der Waals surface area contributed by atoms with Crippen LogP contribution >= 0.6 is 0 Å². The van der Waals surface area contributed by atoms with Crippen LogP contribution < -0.4 is 0 Å². The molecule has 0 bridgehead atoms. The van der Waals surface area contributed by atoms with Crippen LogP contribution in [0.4, 0.5) is 5.69 Å². The van der Waals surface area contributed by atoms with Crippen molar-refractivity contribution in [2.45, 2.75) is 0 Å². The predicted molar refractivity (Wildman–Crippen MR) is 118 cm³/mol. The van der Waals surface area contributed by atoms with E-state index < -0.39 is 5.91 Å². The number of fused-ring (bicyclic) bond motifs is 1. The highest BCUT2D eigenvalue weighted by atomic mass is 16.3. The third kappa shape index (κ3) is 3.60. The quantitative estimate of drug-likeness (QED) is 0.325. The molecule has 0 spiro atoms. The number of hydrogen-bond acceptors (Lipinski definition) is 4. The number of hydrogen-bond donors (Lipinski definition) is 3. The second-order valence-corrected chi connectivity index (χ2v) is 6.98. The van der Waals surface area contributed by atoms with Gasteiger partial charge in [0.05, 0.1) is 11.2 Å². The fourth-order valence-electron chi connectivity index (χ4n) is 3.41. The highest BCUT2D eigenvalue weighted by Crippen LogP contribution is 2.35. The molecule has 0 aliphatic carbocycles. The summed E-state index contributed by atoms with van der Waals surface area (Å²) in [6.07, 6.45) is 0. The number of benzene rings is 3. The average Bonchev–Trinajstić information content (AvgIpc) is 3.43. The first kappa shape index (κ1) is 18.5. The number of nitrogens with one attached hydrogen (secondary N) is 2. The number of para-hydroxylation sites is 1. The molecule has 2 heterocycles. The van der Waals surface area contributed by atoms with Gasteiger partial charge in [-0.25, -0.2) is 0 Å². The van der Waals surface area contributed by atoms with E-state index in [1.54, 1.807) is 18.2 Å². The first-order valence-corrected chi connectivity index (χ1v) is 9.66. The molecule has 0 saturated heterocycles. The van der Waals surface area contributed by atoms with Gasteiger partial charge in [-0.2, -0.15) is 5.10 Å². The third-order valence-corrected chi connectivity index (χ3v) is 5.00. The Morgan fingerprint density at radius 3 is 2.32 bits per heavy atom. The average molecular weight is 407 g/mol. The van der Waals surface area contributed by atoms with E-state index in [1.807, 2.05) is 54.6 Å². The number of aromatic hydroxyl groups is 1. The molecule has 0 radical (unpaired) electrons. The highest BCUT2D eigenvalue weighted by Gasteiger charge is 2.13. The van der Waals surface area contributed by atoms with Gasteiger partial charge in [-0.3, -0.25) is 9.89 Å². The second-order valence-electron chi connectivity index (χ2n) is 6.98.